The van der Waals surface area contributed by atoms with Gasteiger partial charge >= 0.3 is 0 Å². The number of amides is 2. The average Bonchev–Trinajstić information content (AvgIpc) is 3.17. The van der Waals surface area contributed by atoms with Crippen LogP contribution in [0.2, 0.25) is 0 Å². The molecule has 0 radical (unpaired) electrons. The minimum Gasteiger partial charge on any atom is -0.477 e. The van der Waals surface area contributed by atoms with E-state index in [9.17, 15) is 9.59 Å². The minimum atomic E-state index is -0.824. The Bertz CT molecular complexity index is 1000. The first-order valence-corrected chi connectivity index (χ1v) is 8.93. The SMILES string of the molecule is Cc1nc(C(=O)N2C[C@@H](C(=O)NCc3ccccc3)Oc3ccccc32)co1. The van der Waals surface area contributed by atoms with Crippen LogP contribution < -0.4 is 15.0 Å². The van der Waals surface area contributed by atoms with Crippen molar-refractivity contribution in [3.63, 3.8) is 0 Å². The van der Waals surface area contributed by atoms with E-state index >= 15 is 0 Å². The number of hydrogen-bond acceptors (Lipinski definition) is 5. The molecule has 142 valence electrons. The second-order valence-electron chi connectivity index (χ2n) is 6.45. The van der Waals surface area contributed by atoms with Crippen molar-refractivity contribution in [1.82, 2.24) is 10.3 Å². The average molecular weight is 377 g/mol. The zero-order valence-electron chi connectivity index (χ0n) is 15.3. The molecular formula is C21H19N3O4. The van der Waals surface area contributed by atoms with E-state index in [1.54, 1.807) is 25.1 Å². The highest BCUT2D eigenvalue weighted by molar-refractivity contribution is 6.06. The fraction of sp³-hybridized carbons (Fsp3) is 0.190. The Kier molecular flexibility index (Phi) is 4.80. The highest BCUT2D eigenvalue weighted by Gasteiger charge is 2.35. The summed E-state index contributed by atoms with van der Waals surface area (Å²) in [5.41, 5.74) is 1.77. The van der Waals surface area contributed by atoms with Gasteiger partial charge < -0.3 is 14.5 Å². The lowest BCUT2D eigenvalue weighted by atomic mass is 10.1. The maximum absolute atomic E-state index is 12.9. The normalized spacial score (nSPS) is 15.5. The Morgan fingerprint density at radius 3 is 2.64 bits per heavy atom. The van der Waals surface area contributed by atoms with Gasteiger partial charge in [0.05, 0.1) is 12.2 Å². The van der Waals surface area contributed by atoms with Crippen molar-refractivity contribution >= 4 is 17.5 Å². The van der Waals surface area contributed by atoms with Crippen LogP contribution in [0.4, 0.5) is 5.69 Å². The molecule has 1 aliphatic heterocycles. The van der Waals surface area contributed by atoms with Crippen molar-refractivity contribution in [2.45, 2.75) is 19.6 Å². The highest BCUT2D eigenvalue weighted by atomic mass is 16.5. The predicted octanol–water partition coefficient (Wildman–Crippen LogP) is 2.71. The van der Waals surface area contributed by atoms with Crippen LogP contribution in [0.1, 0.15) is 21.9 Å². The molecule has 7 nitrogen and oxygen atoms in total. The summed E-state index contributed by atoms with van der Waals surface area (Å²) in [6.07, 6.45) is 0.496. The van der Waals surface area contributed by atoms with E-state index in [0.717, 1.165) is 5.56 Å². The fourth-order valence-electron chi connectivity index (χ4n) is 3.06. The molecule has 1 N–H and O–H groups in total. The number of oxazole rings is 1. The first-order chi connectivity index (χ1) is 13.6. The highest BCUT2D eigenvalue weighted by Crippen LogP contribution is 2.34. The number of nitrogens with one attached hydrogen (secondary N) is 1. The fourth-order valence-corrected chi connectivity index (χ4v) is 3.06. The summed E-state index contributed by atoms with van der Waals surface area (Å²) in [4.78, 5) is 31.2. The summed E-state index contributed by atoms with van der Waals surface area (Å²) in [5.74, 6) is 0.255. The van der Waals surface area contributed by atoms with Gasteiger partial charge in [0.25, 0.3) is 11.8 Å². The van der Waals surface area contributed by atoms with E-state index < -0.39 is 6.10 Å². The molecule has 1 aromatic heterocycles. The molecule has 3 aromatic rings. The summed E-state index contributed by atoms with van der Waals surface area (Å²) in [6.45, 7) is 2.14. The summed E-state index contributed by atoms with van der Waals surface area (Å²) >= 11 is 0. The molecule has 1 aliphatic rings. The van der Waals surface area contributed by atoms with E-state index in [1.165, 1.54) is 11.2 Å². The van der Waals surface area contributed by atoms with Crippen LogP contribution in [0, 0.1) is 6.92 Å². The van der Waals surface area contributed by atoms with Gasteiger partial charge in [-0.1, -0.05) is 42.5 Å². The third-order valence-electron chi connectivity index (χ3n) is 4.46. The summed E-state index contributed by atoms with van der Waals surface area (Å²) in [5, 5.41) is 2.87. The van der Waals surface area contributed by atoms with E-state index in [0.29, 0.717) is 23.9 Å². The van der Waals surface area contributed by atoms with Crippen LogP contribution in [-0.2, 0) is 11.3 Å². The van der Waals surface area contributed by atoms with Crippen molar-refractivity contribution in [2.24, 2.45) is 0 Å². The third-order valence-corrected chi connectivity index (χ3v) is 4.46. The van der Waals surface area contributed by atoms with Gasteiger partial charge in [-0.05, 0) is 17.7 Å². The molecule has 0 unspecified atom stereocenters. The summed E-state index contributed by atoms with van der Waals surface area (Å²) in [7, 11) is 0. The topological polar surface area (TPSA) is 84.7 Å². The Morgan fingerprint density at radius 1 is 1.14 bits per heavy atom. The van der Waals surface area contributed by atoms with Crippen molar-refractivity contribution in [3.05, 3.63) is 78.0 Å². The zero-order valence-corrected chi connectivity index (χ0v) is 15.3. The van der Waals surface area contributed by atoms with Crippen LogP contribution >= 0.6 is 0 Å². The van der Waals surface area contributed by atoms with E-state index in [2.05, 4.69) is 10.3 Å². The lowest BCUT2D eigenvalue weighted by molar-refractivity contribution is -0.127. The van der Waals surface area contributed by atoms with Gasteiger partial charge in [0.1, 0.15) is 12.0 Å². The van der Waals surface area contributed by atoms with Gasteiger partial charge in [-0.15, -0.1) is 0 Å². The number of carbonyl (C=O) groups excluding carboxylic acids is 2. The number of nitrogens with zero attached hydrogens (tertiary/aromatic N) is 2. The second kappa shape index (κ2) is 7.56. The van der Waals surface area contributed by atoms with E-state index in [4.69, 9.17) is 9.15 Å². The van der Waals surface area contributed by atoms with Gasteiger partial charge in [-0.25, -0.2) is 4.98 Å². The molecule has 4 rings (SSSR count). The third kappa shape index (κ3) is 3.59. The first-order valence-electron chi connectivity index (χ1n) is 8.93. The molecule has 2 heterocycles. The number of benzene rings is 2. The van der Waals surface area contributed by atoms with Crippen LogP contribution in [0.25, 0.3) is 0 Å². The number of hydrogen-bond donors (Lipinski definition) is 1. The molecule has 0 aliphatic carbocycles. The van der Waals surface area contributed by atoms with Crippen molar-refractivity contribution in [2.75, 3.05) is 11.4 Å². The minimum absolute atomic E-state index is 0.0857. The standard InChI is InChI=1S/C21H19N3O4/c1-14-23-16(13-27-14)21(26)24-12-19(28-18-10-6-5-9-17(18)24)20(25)22-11-15-7-3-2-4-8-15/h2-10,13,19H,11-12H2,1H3,(H,22,25)/t19-/m0/s1. The monoisotopic (exact) mass is 377 g/mol. The number of rotatable bonds is 4. The molecule has 1 atom stereocenters. The first kappa shape index (κ1) is 17.8. The Hall–Kier alpha value is -3.61. The number of aromatic nitrogens is 1. The molecule has 0 spiro atoms. The van der Waals surface area contributed by atoms with Crippen LogP contribution in [-0.4, -0.2) is 29.4 Å². The van der Waals surface area contributed by atoms with Gasteiger partial charge in [0, 0.05) is 13.5 Å². The van der Waals surface area contributed by atoms with Gasteiger partial charge in [0.15, 0.2) is 17.7 Å². The van der Waals surface area contributed by atoms with Crippen molar-refractivity contribution in [1.29, 1.82) is 0 Å². The largest absolute Gasteiger partial charge is 0.477 e. The zero-order chi connectivity index (χ0) is 19.5. The molecule has 2 aromatic carbocycles. The Labute approximate surface area is 161 Å². The Morgan fingerprint density at radius 2 is 1.89 bits per heavy atom. The smallest absolute Gasteiger partial charge is 0.280 e. The summed E-state index contributed by atoms with van der Waals surface area (Å²) in [6, 6.07) is 16.7. The number of carbonyl (C=O) groups is 2. The van der Waals surface area contributed by atoms with Crippen molar-refractivity contribution < 1.29 is 18.7 Å². The molecule has 28 heavy (non-hydrogen) atoms. The predicted molar refractivity (Wildman–Crippen MR) is 102 cm³/mol. The number of aryl methyl sites for hydroxylation is 1. The molecule has 0 fully saturated rings. The summed E-state index contributed by atoms with van der Waals surface area (Å²) < 4.78 is 11.0. The molecular weight excluding hydrogens is 358 g/mol. The van der Waals surface area contributed by atoms with Crippen LogP contribution in [0.5, 0.6) is 5.75 Å². The lowest BCUT2D eigenvalue weighted by Crippen LogP contribution is -2.50. The molecule has 0 saturated carbocycles. The Balaban J connectivity index is 1.54. The van der Waals surface area contributed by atoms with E-state index in [-0.39, 0.29) is 24.1 Å². The number of fused-ring (bicyclic) bond motifs is 1. The number of anilines is 1. The maximum atomic E-state index is 12.9. The maximum Gasteiger partial charge on any atom is 0.280 e. The molecule has 7 heteroatoms. The van der Waals surface area contributed by atoms with Crippen LogP contribution in [0.3, 0.4) is 0 Å². The molecule has 0 saturated heterocycles. The van der Waals surface area contributed by atoms with Gasteiger partial charge in [-0.2, -0.15) is 0 Å². The van der Waals surface area contributed by atoms with Gasteiger partial charge in [-0.3, -0.25) is 14.5 Å². The van der Waals surface area contributed by atoms with Crippen molar-refractivity contribution in [3.8, 4) is 5.75 Å². The van der Waals surface area contributed by atoms with Gasteiger partial charge in [0.2, 0.25) is 0 Å². The van der Waals surface area contributed by atoms with Crippen LogP contribution in [0.15, 0.2) is 65.3 Å². The number of para-hydroxylation sites is 2. The number of ether oxygens (including phenoxy) is 1. The molecule has 0 bridgehead atoms. The lowest BCUT2D eigenvalue weighted by Gasteiger charge is -2.33. The second-order valence-corrected chi connectivity index (χ2v) is 6.45. The molecule has 2 amide bonds. The quantitative estimate of drug-likeness (QED) is 0.756. The van der Waals surface area contributed by atoms with E-state index in [1.807, 2.05) is 36.4 Å².